The van der Waals surface area contributed by atoms with Crippen LogP contribution in [0.15, 0.2) is 95.5 Å². The van der Waals surface area contributed by atoms with Crippen molar-refractivity contribution in [3.63, 3.8) is 0 Å². The number of nitrogens with one attached hydrogen (secondary N) is 1. The Morgan fingerprint density at radius 2 is 1.67 bits per heavy atom. The maximum absolute atomic E-state index is 6.33. The van der Waals surface area contributed by atoms with Crippen molar-refractivity contribution in [2.24, 2.45) is 0 Å². The highest BCUT2D eigenvalue weighted by Crippen LogP contribution is 2.42. The molecule has 4 nitrogen and oxygen atoms in total. The summed E-state index contributed by atoms with van der Waals surface area (Å²) in [5, 5.41) is 4.78. The minimum Gasteiger partial charge on any atom is -0.459 e. The van der Waals surface area contributed by atoms with E-state index in [1.54, 1.807) is 6.20 Å². The Kier molecular flexibility index (Phi) is 4.99. The molecule has 2 aromatic carbocycles. The summed E-state index contributed by atoms with van der Waals surface area (Å²) in [6.07, 6.45) is 1.80. The van der Waals surface area contributed by atoms with Crippen LogP contribution in [0.1, 0.15) is 23.5 Å². The van der Waals surface area contributed by atoms with Gasteiger partial charge in [0, 0.05) is 22.5 Å². The summed E-state index contributed by atoms with van der Waals surface area (Å²) in [5.74, 6) is 1.60. The van der Waals surface area contributed by atoms with Gasteiger partial charge in [-0.3, -0.25) is 4.98 Å². The van der Waals surface area contributed by atoms with Crippen LogP contribution in [0.5, 0.6) is 0 Å². The highest BCUT2D eigenvalue weighted by molar-refractivity contribution is 7.80. The number of anilines is 1. The lowest BCUT2D eigenvalue weighted by Crippen LogP contribution is -2.29. The van der Waals surface area contributed by atoms with Gasteiger partial charge in [-0.25, -0.2) is 0 Å². The van der Waals surface area contributed by atoms with Gasteiger partial charge in [-0.2, -0.15) is 0 Å². The van der Waals surface area contributed by atoms with Crippen LogP contribution in [-0.4, -0.2) is 10.1 Å². The molecule has 0 aliphatic carbocycles. The minimum atomic E-state index is -0.171. The summed E-state index contributed by atoms with van der Waals surface area (Å²) >= 11 is 11.8. The molecule has 0 saturated carbocycles. The quantitative estimate of drug-likeness (QED) is 0.391. The average Bonchev–Trinajstić information content (AvgIpc) is 3.40. The van der Waals surface area contributed by atoms with Crippen LogP contribution >= 0.6 is 23.8 Å². The van der Waals surface area contributed by atoms with E-state index in [1.165, 1.54) is 0 Å². The molecule has 1 saturated heterocycles. The topological polar surface area (TPSA) is 41.3 Å². The van der Waals surface area contributed by atoms with Crippen molar-refractivity contribution in [3.8, 4) is 11.3 Å². The standard InChI is InChI=1S/C24H18ClN3OS/c25-17-11-9-16(10-12-17)20-13-14-21(29-20)23-22(19-8-4-5-15-26-19)27-24(30)28(23)18-6-2-1-3-7-18/h1-15,22-23H,(H,27,30)/t22-,23-/m0/s1. The van der Waals surface area contributed by atoms with E-state index in [4.69, 9.17) is 28.2 Å². The SMILES string of the molecule is S=C1N[C@@H](c2ccccn2)[C@H](c2ccc(-c3ccc(Cl)cc3)o2)N1c1ccccc1. The summed E-state index contributed by atoms with van der Waals surface area (Å²) in [6, 6.07) is 27.3. The van der Waals surface area contributed by atoms with E-state index in [1.807, 2.05) is 84.9 Å². The number of aromatic nitrogens is 1. The van der Waals surface area contributed by atoms with Crippen molar-refractivity contribution in [3.05, 3.63) is 108 Å². The fraction of sp³-hybridized carbons (Fsp3) is 0.0833. The first-order valence-corrected chi connectivity index (χ1v) is 10.4. The number of benzene rings is 2. The zero-order valence-corrected chi connectivity index (χ0v) is 17.5. The molecule has 3 heterocycles. The summed E-state index contributed by atoms with van der Waals surface area (Å²) in [6.45, 7) is 0. The summed E-state index contributed by atoms with van der Waals surface area (Å²) in [4.78, 5) is 6.66. The normalized spacial score (nSPS) is 18.4. The van der Waals surface area contributed by atoms with E-state index < -0.39 is 0 Å². The number of furan rings is 1. The third-order valence-corrected chi connectivity index (χ3v) is 5.75. The second-order valence-electron chi connectivity index (χ2n) is 7.04. The number of hydrogen-bond acceptors (Lipinski definition) is 3. The number of hydrogen-bond donors (Lipinski definition) is 1. The van der Waals surface area contributed by atoms with Crippen molar-refractivity contribution in [2.45, 2.75) is 12.1 Å². The highest BCUT2D eigenvalue weighted by Gasteiger charge is 2.42. The minimum absolute atomic E-state index is 0.136. The summed E-state index contributed by atoms with van der Waals surface area (Å²) in [7, 11) is 0. The van der Waals surface area contributed by atoms with E-state index in [9.17, 15) is 0 Å². The molecule has 2 aromatic heterocycles. The van der Waals surface area contributed by atoms with E-state index in [-0.39, 0.29) is 12.1 Å². The second kappa shape index (κ2) is 7.94. The molecule has 0 bridgehead atoms. The van der Waals surface area contributed by atoms with Crippen LogP contribution in [0.4, 0.5) is 5.69 Å². The van der Waals surface area contributed by atoms with E-state index >= 15 is 0 Å². The number of para-hydroxylation sites is 1. The van der Waals surface area contributed by atoms with Gasteiger partial charge >= 0.3 is 0 Å². The predicted octanol–water partition coefficient (Wildman–Crippen LogP) is 6.17. The lowest BCUT2D eigenvalue weighted by Gasteiger charge is -2.26. The third-order valence-electron chi connectivity index (χ3n) is 5.18. The fourth-order valence-corrected chi connectivity index (χ4v) is 4.26. The van der Waals surface area contributed by atoms with Gasteiger partial charge in [-0.1, -0.05) is 35.9 Å². The van der Waals surface area contributed by atoms with Crippen LogP contribution in [0.25, 0.3) is 11.3 Å². The number of pyridine rings is 1. The molecule has 5 rings (SSSR count). The fourth-order valence-electron chi connectivity index (χ4n) is 3.79. The van der Waals surface area contributed by atoms with Crippen LogP contribution in [0.3, 0.4) is 0 Å². The van der Waals surface area contributed by atoms with Gasteiger partial charge in [0.05, 0.1) is 11.7 Å². The molecule has 0 unspecified atom stereocenters. The van der Waals surface area contributed by atoms with Crippen molar-refractivity contribution in [1.29, 1.82) is 0 Å². The Balaban J connectivity index is 1.59. The smallest absolute Gasteiger partial charge is 0.174 e. The van der Waals surface area contributed by atoms with Crippen LogP contribution in [-0.2, 0) is 0 Å². The molecular weight excluding hydrogens is 414 g/mol. The van der Waals surface area contributed by atoms with Gasteiger partial charge in [-0.05, 0) is 72.9 Å². The number of halogens is 1. The molecule has 1 N–H and O–H groups in total. The monoisotopic (exact) mass is 431 g/mol. The largest absolute Gasteiger partial charge is 0.459 e. The molecule has 148 valence electrons. The molecule has 0 amide bonds. The lowest BCUT2D eigenvalue weighted by molar-refractivity contribution is 0.439. The first kappa shape index (κ1) is 18.9. The Bertz CT molecular complexity index is 1160. The lowest BCUT2D eigenvalue weighted by atomic mass is 10.0. The zero-order chi connectivity index (χ0) is 20.5. The molecule has 1 aliphatic rings. The Labute approximate surface area is 185 Å². The van der Waals surface area contributed by atoms with Gasteiger partial charge in [0.15, 0.2) is 5.11 Å². The van der Waals surface area contributed by atoms with E-state index in [0.29, 0.717) is 10.1 Å². The number of nitrogens with zero attached hydrogens (tertiary/aromatic N) is 2. The molecule has 0 spiro atoms. The maximum atomic E-state index is 6.33. The molecule has 1 fully saturated rings. The molecule has 1 aliphatic heterocycles. The maximum Gasteiger partial charge on any atom is 0.174 e. The molecule has 30 heavy (non-hydrogen) atoms. The molecule has 0 radical (unpaired) electrons. The Hall–Kier alpha value is -3.15. The van der Waals surface area contributed by atoms with Gasteiger partial charge in [-0.15, -0.1) is 0 Å². The molecular formula is C24H18ClN3OS. The van der Waals surface area contributed by atoms with Gasteiger partial charge in [0.1, 0.15) is 17.6 Å². The van der Waals surface area contributed by atoms with Crippen molar-refractivity contribution in [1.82, 2.24) is 10.3 Å². The van der Waals surface area contributed by atoms with E-state index in [2.05, 4.69) is 15.2 Å². The molecule has 2 atom stereocenters. The number of thiocarbonyl (C=S) groups is 1. The van der Waals surface area contributed by atoms with Crippen molar-refractivity contribution in [2.75, 3.05) is 4.90 Å². The second-order valence-corrected chi connectivity index (χ2v) is 7.86. The highest BCUT2D eigenvalue weighted by atomic mass is 35.5. The first-order valence-electron chi connectivity index (χ1n) is 9.62. The zero-order valence-electron chi connectivity index (χ0n) is 15.9. The van der Waals surface area contributed by atoms with Crippen molar-refractivity contribution < 1.29 is 4.42 Å². The first-order chi connectivity index (χ1) is 14.7. The van der Waals surface area contributed by atoms with Crippen LogP contribution < -0.4 is 10.2 Å². The molecule has 6 heteroatoms. The molecule has 4 aromatic rings. The van der Waals surface area contributed by atoms with E-state index in [0.717, 1.165) is 28.5 Å². The Morgan fingerprint density at radius 3 is 2.40 bits per heavy atom. The van der Waals surface area contributed by atoms with Gasteiger partial charge in [0.2, 0.25) is 0 Å². The Morgan fingerprint density at radius 1 is 0.900 bits per heavy atom. The number of rotatable bonds is 4. The predicted molar refractivity (Wildman–Crippen MR) is 124 cm³/mol. The van der Waals surface area contributed by atoms with Crippen LogP contribution in [0, 0.1) is 0 Å². The van der Waals surface area contributed by atoms with Gasteiger partial charge in [0.25, 0.3) is 0 Å². The van der Waals surface area contributed by atoms with Crippen molar-refractivity contribution >= 4 is 34.6 Å². The summed E-state index contributed by atoms with van der Waals surface area (Å²) < 4.78 is 6.33. The third kappa shape index (κ3) is 3.47. The van der Waals surface area contributed by atoms with Crippen LogP contribution in [0.2, 0.25) is 5.02 Å². The van der Waals surface area contributed by atoms with Gasteiger partial charge < -0.3 is 14.6 Å². The summed E-state index contributed by atoms with van der Waals surface area (Å²) in [5.41, 5.74) is 2.88. The average molecular weight is 432 g/mol.